The molecule has 1 unspecified atom stereocenters. The van der Waals surface area contributed by atoms with Crippen LogP contribution in [0.4, 0.5) is 0 Å². The average molecular weight is 338 g/mol. The van der Waals surface area contributed by atoms with Gasteiger partial charge in [-0.15, -0.1) is 0 Å². The van der Waals surface area contributed by atoms with Gasteiger partial charge in [-0.1, -0.05) is 42.5 Å². The number of carbonyl (C=O) groups is 1. The van der Waals surface area contributed by atoms with Crippen molar-refractivity contribution in [2.24, 2.45) is 11.7 Å². The summed E-state index contributed by atoms with van der Waals surface area (Å²) in [6.45, 7) is 4.93. The minimum atomic E-state index is -1.07. The summed E-state index contributed by atoms with van der Waals surface area (Å²) in [7, 11) is 0. The SMILES string of the molecule is Cc1ccc(CNC(=O)C(C)(N)c2ccccc2)c(OCC2CC2)c1. The topological polar surface area (TPSA) is 64.4 Å². The van der Waals surface area contributed by atoms with Crippen molar-refractivity contribution < 1.29 is 9.53 Å². The first-order chi connectivity index (χ1) is 12.0. The molecule has 1 atom stereocenters. The summed E-state index contributed by atoms with van der Waals surface area (Å²) in [6.07, 6.45) is 2.50. The molecule has 25 heavy (non-hydrogen) atoms. The molecule has 1 aliphatic carbocycles. The molecule has 2 aromatic rings. The summed E-state index contributed by atoms with van der Waals surface area (Å²) >= 11 is 0. The van der Waals surface area contributed by atoms with Gasteiger partial charge >= 0.3 is 0 Å². The van der Waals surface area contributed by atoms with Gasteiger partial charge in [0.1, 0.15) is 11.3 Å². The van der Waals surface area contributed by atoms with Gasteiger partial charge < -0.3 is 15.8 Å². The normalized spacial score (nSPS) is 16.1. The highest BCUT2D eigenvalue weighted by Crippen LogP contribution is 2.30. The Morgan fingerprint density at radius 2 is 1.96 bits per heavy atom. The highest BCUT2D eigenvalue weighted by Gasteiger charge is 2.30. The predicted octanol–water partition coefficient (Wildman–Crippen LogP) is 3.27. The van der Waals surface area contributed by atoms with E-state index in [4.69, 9.17) is 10.5 Å². The summed E-state index contributed by atoms with van der Waals surface area (Å²) in [5, 5.41) is 2.96. The van der Waals surface area contributed by atoms with Crippen molar-refractivity contribution in [1.29, 1.82) is 0 Å². The summed E-state index contributed by atoms with van der Waals surface area (Å²) in [5.41, 5.74) is 8.12. The maximum atomic E-state index is 12.6. The third kappa shape index (κ3) is 4.40. The minimum Gasteiger partial charge on any atom is -0.493 e. The molecule has 0 saturated heterocycles. The van der Waals surface area contributed by atoms with Crippen LogP contribution in [0.25, 0.3) is 0 Å². The molecule has 132 valence electrons. The number of benzene rings is 2. The monoisotopic (exact) mass is 338 g/mol. The second-order valence-corrected chi connectivity index (χ2v) is 7.12. The van der Waals surface area contributed by atoms with Crippen molar-refractivity contribution in [2.75, 3.05) is 6.61 Å². The van der Waals surface area contributed by atoms with Crippen LogP contribution >= 0.6 is 0 Å². The molecule has 0 aromatic heterocycles. The van der Waals surface area contributed by atoms with Crippen LogP contribution in [-0.2, 0) is 16.9 Å². The van der Waals surface area contributed by atoms with Gasteiger partial charge in [-0.25, -0.2) is 0 Å². The average Bonchev–Trinajstić information content (AvgIpc) is 3.44. The summed E-state index contributed by atoms with van der Waals surface area (Å²) in [4.78, 5) is 12.6. The zero-order chi connectivity index (χ0) is 17.9. The van der Waals surface area contributed by atoms with Crippen LogP contribution < -0.4 is 15.8 Å². The predicted molar refractivity (Wildman–Crippen MR) is 99.2 cm³/mol. The molecule has 3 N–H and O–H groups in total. The molecule has 3 rings (SSSR count). The van der Waals surface area contributed by atoms with E-state index in [1.165, 1.54) is 12.8 Å². The van der Waals surface area contributed by atoms with Crippen molar-refractivity contribution in [3.63, 3.8) is 0 Å². The molecule has 4 nitrogen and oxygen atoms in total. The number of hydrogen-bond acceptors (Lipinski definition) is 3. The van der Waals surface area contributed by atoms with Crippen LogP contribution in [0.3, 0.4) is 0 Å². The molecule has 1 amide bonds. The van der Waals surface area contributed by atoms with Gasteiger partial charge in [-0.2, -0.15) is 0 Å². The first-order valence-electron chi connectivity index (χ1n) is 8.82. The standard InChI is InChI=1S/C21H26N2O2/c1-15-8-11-17(19(12-15)25-14-16-9-10-16)13-23-20(24)21(2,22)18-6-4-3-5-7-18/h3-8,11-12,16H,9-10,13-14,22H2,1-2H3,(H,23,24). The molecule has 1 saturated carbocycles. The van der Waals surface area contributed by atoms with Crippen LogP contribution in [0.2, 0.25) is 0 Å². The van der Waals surface area contributed by atoms with Gasteiger partial charge in [0.25, 0.3) is 0 Å². The molecule has 0 spiro atoms. The van der Waals surface area contributed by atoms with Gasteiger partial charge in [0, 0.05) is 12.1 Å². The van der Waals surface area contributed by atoms with Crippen LogP contribution in [0, 0.1) is 12.8 Å². The van der Waals surface area contributed by atoms with E-state index >= 15 is 0 Å². The second kappa shape index (κ2) is 7.28. The maximum Gasteiger partial charge on any atom is 0.244 e. The summed E-state index contributed by atoms with van der Waals surface area (Å²) in [6, 6.07) is 15.5. The van der Waals surface area contributed by atoms with Crippen LogP contribution in [0.5, 0.6) is 5.75 Å². The van der Waals surface area contributed by atoms with Gasteiger partial charge in [-0.05, 0) is 49.8 Å². The molecule has 0 bridgehead atoms. The Bertz CT molecular complexity index is 737. The van der Waals surface area contributed by atoms with Crippen molar-refractivity contribution in [3.8, 4) is 5.75 Å². The number of ether oxygens (including phenoxy) is 1. The second-order valence-electron chi connectivity index (χ2n) is 7.12. The Morgan fingerprint density at radius 3 is 2.64 bits per heavy atom. The van der Waals surface area contributed by atoms with Crippen LogP contribution in [-0.4, -0.2) is 12.5 Å². The zero-order valence-corrected chi connectivity index (χ0v) is 14.9. The summed E-state index contributed by atoms with van der Waals surface area (Å²) in [5.74, 6) is 1.34. The molecular formula is C21H26N2O2. The van der Waals surface area contributed by atoms with E-state index in [1.807, 2.05) is 55.5 Å². The van der Waals surface area contributed by atoms with Gasteiger partial charge in [0.2, 0.25) is 5.91 Å². The Hall–Kier alpha value is -2.33. The van der Waals surface area contributed by atoms with E-state index in [9.17, 15) is 4.79 Å². The van der Waals surface area contributed by atoms with Gasteiger partial charge in [0.15, 0.2) is 0 Å². The Labute approximate surface area is 149 Å². The number of nitrogens with two attached hydrogens (primary N) is 1. The number of rotatable bonds is 7. The molecule has 2 aromatic carbocycles. The lowest BCUT2D eigenvalue weighted by molar-refractivity contribution is -0.126. The zero-order valence-electron chi connectivity index (χ0n) is 14.9. The molecule has 0 radical (unpaired) electrons. The third-order valence-corrected chi connectivity index (χ3v) is 4.68. The van der Waals surface area contributed by atoms with E-state index in [-0.39, 0.29) is 5.91 Å². The van der Waals surface area contributed by atoms with E-state index < -0.39 is 5.54 Å². The highest BCUT2D eigenvalue weighted by atomic mass is 16.5. The molecular weight excluding hydrogens is 312 g/mol. The third-order valence-electron chi connectivity index (χ3n) is 4.68. The van der Waals surface area contributed by atoms with Crippen LogP contribution in [0.1, 0.15) is 36.5 Å². The smallest absolute Gasteiger partial charge is 0.244 e. The first-order valence-corrected chi connectivity index (χ1v) is 8.82. The van der Waals surface area contributed by atoms with Gasteiger partial charge in [0.05, 0.1) is 6.61 Å². The quantitative estimate of drug-likeness (QED) is 0.814. The summed E-state index contributed by atoms with van der Waals surface area (Å²) < 4.78 is 5.96. The van der Waals surface area contributed by atoms with E-state index in [0.717, 1.165) is 29.0 Å². The molecule has 1 aliphatic rings. The number of carbonyl (C=O) groups excluding carboxylic acids is 1. The fourth-order valence-corrected chi connectivity index (χ4v) is 2.71. The Kier molecular flexibility index (Phi) is 5.09. The largest absolute Gasteiger partial charge is 0.493 e. The lowest BCUT2D eigenvalue weighted by Gasteiger charge is -2.24. The Morgan fingerprint density at radius 1 is 1.24 bits per heavy atom. The maximum absolute atomic E-state index is 12.6. The number of nitrogens with one attached hydrogen (secondary N) is 1. The fourth-order valence-electron chi connectivity index (χ4n) is 2.71. The lowest BCUT2D eigenvalue weighted by Crippen LogP contribution is -2.48. The molecule has 0 aliphatic heterocycles. The molecule has 0 heterocycles. The van der Waals surface area contributed by atoms with Gasteiger partial charge in [-0.3, -0.25) is 4.79 Å². The number of hydrogen-bond donors (Lipinski definition) is 2. The lowest BCUT2D eigenvalue weighted by atomic mass is 9.92. The number of amides is 1. The van der Waals surface area contributed by atoms with E-state index in [1.54, 1.807) is 6.92 Å². The highest BCUT2D eigenvalue weighted by molar-refractivity contribution is 5.87. The van der Waals surface area contributed by atoms with E-state index in [0.29, 0.717) is 12.5 Å². The molecule has 1 fully saturated rings. The Balaban J connectivity index is 1.67. The first kappa shape index (κ1) is 17.5. The van der Waals surface area contributed by atoms with Crippen molar-refractivity contribution in [2.45, 2.75) is 38.8 Å². The number of aryl methyl sites for hydroxylation is 1. The van der Waals surface area contributed by atoms with Crippen molar-refractivity contribution in [3.05, 3.63) is 65.2 Å². The van der Waals surface area contributed by atoms with E-state index in [2.05, 4.69) is 5.32 Å². The fraction of sp³-hybridized carbons (Fsp3) is 0.381. The van der Waals surface area contributed by atoms with Crippen molar-refractivity contribution in [1.82, 2.24) is 5.32 Å². The minimum absolute atomic E-state index is 0.201. The van der Waals surface area contributed by atoms with Crippen LogP contribution in [0.15, 0.2) is 48.5 Å². The molecule has 4 heteroatoms. The van der Waals surface area contributed by atoms with Crippen molar-refractivity contribution >= 4 is 5.91 Å².